The molecule has 0 unspecified atom stereocenters. The minimum atomic E-state index is -0.373. The van der Waals surface area contributed by atoms with Gasteiger partial charge >= 0.3 is 0 Å². The molecular weight excluding hydrogens is 397 g/mol. The molecule has 0 atom stereocenters. The topological polar surface area (TPSA) is 29.1 Å². The summed E-state index contributed by atoms with van der Waals surface area (Å²) in [6.07, 6.45) is 1.25. The highest BCUT2D eigenvalue weighted by Gasteiger charge is 2.17. The molecule has 0 saturated carbocycles. The van der Waals surface area contributed by atoms with Crippen LogP contribution < -0.4 is 5.32 Å². The van der Waals surface area contributed by atoms with Crippen molar-refractivity contribution >= 4 is 51.0 Å². The van der Waals surface area contributed by atoms with Crippen molar-refractivity contribution in [2.45, 2.75) is 11.0 Å². The second-order valence-corrected chi connectivity index (χ2v) is 8.71. The smallest absolute Gasteiger partial charge is 0.256 e. The summed E-state index contributed by atoms with van der Waals surface area (Å²) in [6, 6.07) is 12.0. The standard InChI is InChI=1S/C17H15BrFNOS2/c18-15-10-12(19)5-6-14(15)16(21)20-13-4-1-3-11(9-13)17-22-7-2-8-23-17/h1,3-6,9-10,17H,2,7-8H2,(H,20,21). The molecule has 1 fully saturated rings. The maximum Gasteiger partial charge on any atom is 0.256 e. The number of nitrogens with one attached hydrogen (secondary N) is 1. The van der Waals surface area contributed by atoms with Crippen LogP contribution in [0.25, 0.3) is 0 Å². The van der Waals surface area contributed by atoms with Gasteiger partial charge in [0.2, 0.25) is 0 Å². The van der Waals surface area contributed by atoms with E-state index in [1.807, 2.05) is 41.7 Å². The van der Waals surface area contributed by atoms with E-state index < -0.39 is 0 Å². The second kappa shape index (κ2) is 7.73. The quantitative estimate of drug-likeness (QED) is 0.700. The summed E-state index contributed by atoms with van der Waals surface area (Å²) < 4.78 is 14.0. The first kappa shape index (κ1) is 16.9. The first-order chi connectivity index (χ1) is 11.1. The molecule has 0 radical (unpaired) electrons. The number of benzene rings is 2. The molecule has 0 spiro atoms. The first-order valence-corrected chi connectivity index (χ1v) is 10.1. The Morgan fingerprint density at radius 1 is 1.17 bits per heavy atom. The van der Waals surface area contributed by atoms with E-state index in [2.05, 4.69) is 27.3 Å². The lowest BCUT2D eigenvalue weighted by Crippen LogP contribution is -2.13. The normalized spacial score (nSPS) is 15.4. The van der Waals surface area contributed by atoms with Crippen LogP contribution in [-0.4, -0.2) is 17.4 Å². The van der Waals surface area contributed by atoms with Crippen LogP contribution in [0.3, 0.4) is 0 Å². The highest BCUT2D eigenvalue weighted by molar-refractivity contribution is 9.10. The fourth-order valence-electron chi connectivity index (χ4n) is 2.32. The van der Waals surface area contributed by atoms with Gasteiger partial charge in [0.25, 0.3) is 5.91 Å². The zero-order valence-corrected chi connectivity index (χ0v) is 15.4. The van der Waals surface area contributed by atoms with Crippen molar-refractivity contribution in [1.29, 1.82) is 0 Å². The Labute approximate surface area is 151 Å². The number of rotatable bonds is 3. The molecule has 2 nitrogen and oxygen atoms in total. The molecule has 3 rings (SSSR count). The molecule has 2 aromatic rings. The van der Waals surface area contributed by atoms with Crippen LogP contribution in [0, 0.1) is 5.82 Å². The van der Waals surface area contributed by atoms with Crippen molar-refractivity contribution in [3.8, 4) is 0 Å². The molecule has 120 valence electrons. The molecule has 1 heterocycles. The SMILES string of the molecule is O=C(Nc1cccc(C2SCCCS2)c1)c1ccc(F)cc1Br. The predicted molar refractivity (Wildman–Crippen MR) is 101 cm³/mol. The lowest BCUT2D eigenvalue weighted by Gasteiger charge is -2.21. The maximum atomic E-state index is 13.1. The van der Waals surface area contributed by atoms with Gasteiger partial charge in [0.05, 0.1) is 10.1 Å². The lowest BCUT2D eigenvalue weighted by atomic mass is 10.2. The van der Waals surface area contributed by atoms with Gasteiger partial charge in [0.15, 0.2) is 0 Å². The van der Waals surface area contributed by atoms with Gasteiger partial charge in [-0.25, -0.2) is 4.39 Å². The van der Waals surface area contributed by atoms with Gasteiger partial charge in [-0.15, -0.1) is 23.5 Å². The average Bonchev–Trinajstić information content (AvgIpc) is 2.56. The van der Waals surface area contributed by atoms with Crippen LogP contribution in [0.5, 0.6) is 0 Å². The fraction of sp³-hybridized carbons (Fsp3) is 0.235. The third-order valence-electron chi connectivity index (χ3n) is 3.42. The second-order valence-electron chi connectivity index (χ2n) is 5.13. The van der Waals surface area contributed by atoms with E-state index in [1.54, 1.807) is 0 Å². The Balaban J connectivity index is 1.75. The Morgan fingerprint density at radius 2 is 1.96 bits per heavy atom. The van der Waals surface area contributed by atoms with Gasteiger partial charge in [0, 0.05) is 10.2 Å². The van der Waals surface area contributed by atoms with Crippen LogP contribution >= 0.6 is 39.5 Å². The molecule has 6 heteroatoms. The van der Waals surface area contributed by atoms with E-state index in [0.717, 1.165) is 5.69 Å². The van der Waals surface area contributed by atoms with Crippen molar-refractivity contribution in [3.05, 3.63) is 63.9 Å². The Morgan fingerprint density at radius 3 is 2.70 bits per heavy atom. The van der Waals surface area contributed by atoms with E-state index in [-0.39, 0.29) is 11.7 Å². The number of thioether (sulfide) groups is 2. The van der Waals surface area contributed by atoms with E-state index in [4.69, 9.17) is 0 Å². The fourth-order valence-corrected chi connectivity index (χ4v) is 5.72. The molecule has 23 heavy (non-hydrogen) atoms. The van der Waals surface area contributed by atoms with E-state index in [0.29, 0.717) is 14.6 Å². The molecule has 0 bridgehead atoms. The molecule has 2 aromatic carbocycles. The summed E-state index contributed by atoms with van der Waals surface area (Å²) in [6.45, 7) is 0. The molecule has 0 aliphatic carbocycles. The van der Waals surface area contributed by atoms with Gasteiger partial charge in [-0.3, -0.25) is 4.79 Å². The minimum absolute atomic E-state index is 0.252. The summed E-state index contributed by atoms with van der Waals surface area (Å²) in [5.74, 6) is 1.73. The van der Waals surface area contributed by atoms with E-state index >= 15 is 0 Å². The summed E-state index contributed by atoms with van der Waals surface area (Å²) >= 11 is 7.12. The number of carbonyl (C=O) groups is 1. The molecular formula is C17H15BrFNOS2. The van der Waals surface area contributed by atoms with Crippen LogP contribution in [0.15, 0.2) is 46.9 Å². The summed E-state index contributed by atoms with van der Waals surface area (Å²) in [7, 11) is 0. The van der Waals surface area contributed by atoms with Crippen LogP contribution in [0.4, 0.5) is 10.1 Å². The van der Waals surface area contributed by atoms with Crippen molar-refractivity contribution < 1.29 is 9.18 Å². The van der Waals surface area contributed by atoms with Crippen LogP contribution in [0.2, 0.25) is 0 Å². The highest BCUT2D eigenvalue weighted by Crippen LogP contribution is 2.44. The van der Waals surface area contributed by atoms with Gasteiger partial charge in [-0.2, -0.15) is 0 Å². The number of hydrogen-bond acceptors (Lipinski definition) is 3. The molecule has 0 aromatic heterocycles. The Hall–Kier alpha value is -0.980. The predicted octanol–water partition coefficient (Wildman–Crippen LogP) is 5.71. The molecule has 1 aliphatic heterocycles. The molecule has 1 aliphatic rings. The maximum absolute atomic E-state index is 13.1. The lowest BCUT2D eigenvalue weighted by molar-refractivity contribution is 0.102. The number of hydrogen-bond donors (Lipinski definition) is 1. The van der Waals surface area contributed by atoms with Gasteiger partial charge in [-0.05, 0) is 69.8 Å². The monoisotopic (exact) mass is 411 g/mol. The summed E-state index contributed by atoms with van der Waals surface area (Å²) in [5, 5.41) is 2.89. The summed E-state index contributed by atoms with van der Waals surface area (Å²) in [5.41, 5.74) is 2.39. The number of amides is 1. The first-order valence-electron chi connectivity index (χ1n) is 7.23. The number of halogens is 2. The van der Waals surface area contributed by atoms with Crippen molar-refractivity contribution in [1.82, 2.24) is 0 Å². The van der Waals surface area contributed by atoms with Gasteiger partial charge < -0.3 is 5.32 Å². The highest BCUT2D eigenvalue weighted by atomic mass is 79.9. The van der Waals surface area contributed by atoms with E-state index in [1.165, 1.54) is 41.7 Å². The van der Waals surface area contributed by atoms with Crippen molar-refractivity contribution in [2.75, 3.05) is 16.8 Å². The van der Waals surface area contributed by atoms with Gasteiger partial charge in [0.1, 0.15) is 5.82 Å². The molecule has 1 amide bonds. The largest absolute Gasteiger partial charge is 0.322 e. The average molecular weight is 412 g/mol. The zero-order valence-electron chi connectivity index (χ0n) is 12.2. The Kier molecular flexibility index (Phi) is 5.67. The zero-order chi connectivity index (χ0) is 16.2. The van der Waals surface area contributed by atoms with E-state index in [9.17, 15) is 9.18 Å². The van der Waals surface area contributed by atoms with Crippen LogP contribution in [-0.2, 0) is 0 Å². The third kappa shape index (κ3) is 4.31. The van der Waals surface area contributed by atoms with Crippen LogP contribution in [0.1, 0.15) is 26.9 Å². The number of carbonyl (C=O) groups excluding carboxylic acids is 1. The number of anilines is 1. The van der Waals surface area contributed by atoms with Crippen molar-refractivity contribution in [2.24, 2.45) is 0 Å². The summed E-state index contributed by atoms with van der Waals surface area (Å²) in [4.78, 5) is 12.4. The molecule has 1 N–H and O–H groups in total. The molecule has 1 saturated heterocycles. The van der Waals surface area contributed by atoms with Gasteiger partial charge in [-0.1, -0.05) is 12.1 Å². The van der Waals surface area contributed by atoms with Crippen molar-refractivity contribution in [3.63, 3.8) is 0 Å². The Bertz CT molecular complexity index is 719. The minimum Gasteiger partial charge on any atom is -0.322 e. The third-order valence-corrected chi connectivity index (χ3v) is 7.09.